The molecular weight excluding hydrogens is 615 g/mol. The van der Waals surface area contributed by atoms with Gasteiger partial charge in [0.15, 0.2) is 0 Å². The van der Waals surface area contributed by atoms with Gasteiger partial charge < -0.3 is 9.80 Å². The minimum Gasteiger partial charge on any atom is -0.366 e. The summed E-state index contributed by atoms with van der Waals surface area (Å²) in [6.45, 7) is 22.1. The highest BCUT2D eigenvalue weighted by Gasteiger charge is 2.42. The van der Waals surface area contributed by atoms with Crippen molar-refractivity contribution in [3.8, 4) is 11.1 Å². The molecule has 1 unspecified atom stereocenters. The van der Waals surface area contributed by atoms with E-state index >= 15 is 0 Å². The number of anilines is 1. The van der Waals surface area contributed by atoms with Gasteiger partial charge in [-0.2, -0.15) is 0 Å². The van der Waals surface area contributed by atoms with Crippen LogP contribution in [0.3, 0.4) is 0 Å². The quantitative estimate of drug-likeness (QED) is 0.235. The van der Waals surface area contributed by atoms with Crippen molar-refractivity contribution >= 4 is 23.5 Å². The first kappa shape index (κ1) is 34.7. The number of nitrogens with zero attached hydrogens (tertiary/aromatic N) is 3. The Hall–Kier alpha value is -3.73. The summed E-state index contributed by atoms with van der Waals surface area (Å²) in [6, 6.07) is 13.4. The lowest BCUT2D eigenvalue weighted by Crippen LogP contribution is -2.50. The summed E-state index contributed by atoms with van der Waals surface area (Å²) in [5.74, 6) is 0.800. The number of carbonyl (C=O) groups excluding carboxylic acids is 2. The zero-order valence-corrected chi connectivity index (χ0v) is 32.1. The molecule has 7 rings (SSSR count). The van der Waals surface area contributed by atoms with Crippen LogP contribution in [-0.2, 0) is 23.1 Å². The Morgan fingerprint density at radius 2 is 1.72 bits per heavy atom. The maximum atomic E-state index is 14.3. The second-order valence-electron chi connectivity index (χ2n) is 17.1. The fourth-order valence-electron chi connectivity index (χ4n) is 10.2. The molecule has 0 bridgehead atoms. The summed E-state index contributed by atoms with van der Waals surface area (Å²) in [7, 11) is 1.89. The van der Waals surface area contributed by atoms with Gasteiger partial charge in [0.2, 0.25) is 5.36 Å². The molecule has 0 saturated carbocycles. The normalized spacial score (nSPS) is 19.6. The number of benzene rings is 3. The summed E-state index contributed by atoms with van der Waals surface area (Å²) >= 11 is 0. The molecule has 3 aromatic rings. The average Bonchev–Trinajstić information content (AvgIpc) is 3.07. The van der Waals surface area contributed by atoms with Crippen LogP contribution in [0.25, 0.3) is 17.2 Å². The van der Waals surface area contributed by atoms with Gasteiger partial charge in [0, 0.05) is 78.6 Å². The third-order valence-corrected chi connectivity index (χ3v) is 12.5. The number of amides is 1. The third kappa shape index (κ3) is 5.54. The van der Waals surface area contributed by atoms with Crippen LogP contribution in [0.5, 0.6) is 0 Å². The van der Waals surface area contributed by atoms with Crippen LogP contribution in [0.15, 0.2) is 36.4 Å². The molecule has 3 aromatic carbocycles. The van der Waals surface area contributed by atoms with E-state index in [1.807, 2.05) is 37.9 Å². The van der Waals surface area contributed by atoms with E-state index in [0.29, 0.717) is 25.3 Å². The van der Waals surface area contributed by atoms with Crippen molar-refractivity contribution in [3.63, 3.8) is 0 Å². The van der Waals surface area contributed by atoms with E-state index < -0.39 is 0 Å². The SMILES string of the molecule is CCN1c2cc3c(cc2C(C)CC1(C)C)C=c1c(-c2ccccc2C(=O)N(C)CCCC(=O)C(C)C)c2c4c(c1C3(C)C)CCC[N+]=4CCC2. The summed E-state index contributed by atoms with van der Waals surface area (Å²) in [5, 5.41) is 2.77. The van der Waals surface area contributed by atoms with Crippen molar-refractivity contribution in [3.05, 3.63) is 85.9 Å². The molecule has 0 spiro atoms. The number of rotatable bonds is 8. The van der Waals surface area contributed by atoms with Crippen molar-refractivity contribution < 1.29 is 9.59 Å². The lowest BCUT2D eigenvalue weighted by atomic mass is 9.66. The second kappa shape index (κ2) is 12.8. The molecule has 1 atom stereocenters. The monoisotopic (exact) mass is 672 g/mol. The highest BCUT2D eigenvalue weighted by atomic mass is 16.2. The Bertz CT molecular complexity index is 2010. The van der Waals surface area contributed by atoms with Crippen molar-refractivity contribution in [1.29, 1.82) is 0 Å². The van der Waals surface area contributed by atoms with Crippen LogP contribution < -0.4 is 20.1 Å². The predicted octanol–water partition coefficient (Wildman–Crippen LogP) is 7.39. The van der Waals surface area contributed by atoms with Gasteiger partial charge in [-0.05, 0) is 115 Å². The van der Waals surface area contributed by atoms with Crippen LogP contribution in [0, 0.1) is 5.92 Å². The number of fused-ring (bicyclic) bond motifs is 4. The summed E-state index contributed by atoms with van der Waals surface area (Å²) in [4.78, 5) is 31.1. The predicted molar refractivity (Wildman–Crippen MR) is 207 cm³/mol. The zero-order valence-electron chi connectivity index (χ0n) is 32.1. The molecule has 4 aliphatic rings. The molecule has 0 radical (unpaired) electrons. The van der Waals surface area contributed by atoms with E-state index in [1.54, 1.807) is 0 Å². The molecular formula is C45H58N3O2+. The van der Waals surface area contributed by atoms with Gasteiger partial charge in [-0.1, -0.05) is 52.8 Å². The molecule has 3 aliphatic heterocycles. The van der Waals surface area contributed by atoms with E-state index in [9.17, 15) is 9.59 Å². The Kier molecular flexibility index (Phi) is 8.88. The Morgan fingerprint density at radius 1 is 1.02 bits per heavy atom. The Labute approximate surface area is 300 Å². The smallest absolute Gasteiger partial charge is 0.254 e. The van der Waals surface area contributed by atoms with E-state index in [2.05, 4.69) is 81.4 Å². The molecule has 0 fully saturated rings. The van der Waals surface area contributed by atoms with Gasteiger partial charge >= 0.3 is 0 Å². The lowest BCUT2D eigenvalue weighted by molar-refractivity contribution is -0.122. The molecule has 3 heterocycles. The third-order valence-electron chi connectivity index (χ3n) is 12.5. The highest BCUT2D eigenvalue weighted by Crippen LogP contribution is 2.48. The Balaban J connectivity index is 1.47. The highest BCUT2D eigenvalue weighted by molar-refractivity contribution is 6.01. The van der Waals surface area contributed by atoms with Crippen LogP contribution in [-0.4, -0.2) is 55.4 Å². The number of hydrogen-bond donors (Lipinski definition) is 0. The first-order valence-corrected chi connectivity index (χ1v) is 19.4. The fourth-order valence-corrected chi connectivity index (χ4v) is 10.2. The molecule has 50 heavy (non-hydrogen) atoms. The van der Waals surface area contributed by atoms with Crippen LogP contribution in [0.4, 0.5) is 5.69 Å². The van der Waals surface area contributed by atoms with Gasteiger partial charge in [0.25, 0.3) is 5.91 Å². The minimum absolute atomic E-state index is 0.0280. The van der Waals surface area contributed by atoms with Crippen molar-refractivity contribution in [1.82, 2.24) is 9.48 Å². The fraction of sp³-hybridized carbons (Fsp3) is 0.533. The number of carbonyl (C=O) groups is 2. The summed E-state index contributed by atoms with van der Waals surface area (Å²) in [5.41, 5.74) is 13.0. The maximum absolute atomic E-state index is 14.3. The summed E-state index contributed by atoms with van der Waals surface area (Å²) < 4.78 is 2.66. The van der Waals surface area contributed by atoms with Gasteiger partial charge in [-0.15, -0.1) is 0 Å². The molecule has 264 valence electrons. The van der Waals surface area contributed by atoms with E-state index in [-0.39, 0.29) is 28.6 Å². The maximum Gasteiger partial charge on any atom is 0.254 e. The van der Waals surface area contributed by atoms with Gasteiger partial charge in [0.05, 0.1) is 0 Å². The van der Waals surface area contributed by atoms with E-state index in [1.165, 1.54) is 61.6 Å². The number of ketones is 1. The lowest BCUT2D eigenvalue weighted by Gasteiger charge is -2.48. The van der Waals surface area contributed by atoms with Crippen LogP contribution in [0.1, 0.15) is 137 Å². The molecule has 1 amide bonds. The van der Waals surface area contributed by atoms with Crippen molar-refractivity contribution in [2.75, 3.05) is 38.1 Å². The van der Waals surface area contributed by atoms with E-state index in [4.69, 9.17) is 0 Å². The molecule has 0 N–H and O–H groups in total. The minimum atomic E-state index is -0.211. The second-order valence-corrected chi connectivity index (χ2v) is 17.1. The first-order chi connectivity index (χ1) is 23.8. The summed E-state index contributed by atoms with van der Waals surface area (Å²) in [6.07, 6.45) is 9.27. The van der Waals surface area contributed by atoms with Crippen LogP contribution >= 0.6 is 0 Å². The Morgan fingerprint density at radius 3 is 2.42 bits per heavy atom. The molecule has 0 saturated heterocycles. The largest absolute Gasteiger partial charge is 0.366 e. The molecule has 1 aliphatic carbocycles. The zero-order chi connectivity index (χ0) is 35.7. The molecule has 0 aromatic heterocycles. The van der Waals surface area contributed by atoms with Crippen molar-refractivity contribution in [2.45, 2.75) is 117 Å². The standard InChI is InChI=1S/C45H58N3O2/c1-10-48-38-26-37-30(24-35(38)29(4)27-44(48,5)6)25-36-40(33-18-13-22-47-23-14-19-34(42(33)47)41(36)45(37,7)8)31-16-11-12-17-32(31)43(50)46(9)21-15-20-39(49)28(2)3/h11-12,16-17,24-26,28-29H,10,13-15,18-23,27H2,1-9H3/q+1. The molecule has 5 nitrogen and oxygen atoms in total. The van der Waals surface area contributed by atoms with E-state index in [0.717, 1.165) is 56.4 Å². The molecule has 5 heteroatoms. The topological polar surface area (TPSA) is 43.6 Å². The van der Waals surface area contributed by atoms with Crippen molar-refractivity contribution in [2.24, 2.45) is 5.92 Å². The van der Waals surface area contributed by atoms with Crippen LogP contribution in [0.2, 0.25) is 0 Å². The van der Waals surface area contributed by atoms with Gasteiger partial charge in [0.1, 0.15) is 18.9 Å². The first-order valence-electron chi connectivity index (χ1n) is 19.4. The van der Waals surface area contributed by atoms with Gasteiger partial charge in [-0.3, -0.25) is 9.59 Å². The van der Waals surface area contributed by atoms with Gasteiger partial charge in [-0.25, -0.2) is 4.58 Å². The number of Topliss-reactive ketones (excluding diaryl/α,β-unsaturated/α-hetero) is 1. The average molecular weight is 673 g/mol. The number of hydrogen-bond acceptors (Lipinski definition) is 3.